The van der Waals surface area contributed by atoms with Crippen molar-refractivity contribution in [3.63, 3.8) is 0 Å². The molecular formula is C78H75NP4Pd. The zero-order chi connectivity index (χ0) is 57.5. The predicted octanol–water partition coefficient (Wildman–Crippen LogP) is 15.2. The largest absolute Gasteiger partial charge is 0.312 e. The van der Waals surface area contributed by atoms with E-state index in [4.69, 9.17) is 0 Å². The van der Waals surface area contributed by atoms with Gasteiger partial charge in [-0.05, 0) is 95.3 Å². The third-order valence-corrected chi connectivity index (χ3v) is 22.6. The van der Waals surface area contributed by atoms with Gasteiger partial charge in [-0.25, -0.2) is 0 Å². The van der Waals surface area contributed by atoms with Gasteiger partial charge >= 0.3 is 0 Å². The van der Waals surface area contributed by atoms with Gasteiger partial charge in [-0.1, -0.05) is 392 Å². The minimum atomic E-state index is -0.446. The summed E-state index contributed by atoms with van der Waals surface area (Å²) in [6.07, 6.45) is 0. The normalized spacial score (nSPS) is 10.5. The van der Waals surface area contributed by atoms with Crippen molar-refractivity contribution in [1.82, 2.24) is 5.32 Å². The van der Waals surface area contributed by atoms with Gasteiger partial charge in [-0.2, -0.15) is 0 Å². The summed E-state index contributed by atoms with van der Waals surface area (Å²) in [5.74, 6) is 0. The molecule has 0 radical (unpaired) electrons. The fourth-order valence-corrected chi connectivity index (χ4v) is 18.6. The zero-order valence-corrected chi connectivity index (χ0v) is 53.5. The molecule has 12 aromatic carbocycles. The summed E-state index contributed by atoms with van der Waals surface area (Å²) >= 11 is 0. The van der Waals surface area contributed by atoms with Crippen molar-refractivity contribution < 1.29 is 20.4 Å². The molecule has 6 heteroatoms. The zero-order valence-electron chi connectivity index (χ0n) is 48.4. The van der Waals surface area contributed by atoms with Gasteiger partial charge in [-0.3, -0.25) is 0 Å². The molecule has 0 saturated carbocycles. The first kappa shape index (κ1) is 64.5. The molecule has 0 unspecified atom stereocenters. The van der Waals surface area contributed by atoms with Gasteiger partial charge in [-0.15, -0.1) is 0 Å². The van der Waals surface area contributed by atoms with E-state index in [0.717, 1.165) is 0 Å². The molecule has 1 nitrogen and oxygen atoms in total. The van der Waals surface area contributed by atoms with Crippen molar-refractivity contribution in [3.8, 4) is 0 Å². The standard InChI is InChI=1S/4C18H15P.C6H15N.Pd/c4*1-4-10-16(11-5-1)19(17-12-6-2-7-13-17)18-14-8-3-9-15-18;1-5(2)7-6(3)4;/h4*1-15H;5-7H,1-4H3;. The Hall–Kier alpha value is -7.02. The van der Waals surface area contributed by atoms with Crippen LogP contribution in [0, 0.1) is 0 Å². The minimum absolute atomic E-state index is 0. The van der Waals surface area contributed by atoms with Gasteiger partial charge in [0.25, 0.3) is 0 Å². The van der Waals surface area contributed by atoms with Crippen LogP contribution in [0.15, 0.2) is 364 Å². The second-order valence-electron chi connectivity index (χ2n) is 19.8. The summed E-state index contributed by atoms with van der Waals surface area (Å²) in [7, 11) is -1.78. The number of nitrogens with one attached hydrogen (secondary N) is 1. The molecule has 0 saturated heterocycles. The SMILES string of the molecule is CC(C)NC(C)C.[Pd].c1ccc(P(c2ccccc2)c2ccccc2)cc1.c1ccc(P(c2ccccc2)c2ccccc2)cc1.c1ccc(P(c2ccccc2)c2ccccc2)cc1.c1ccc(P(c2ccccc2)c2ccccc2)cc1. The Bertz CT molecular complexity index is 2710. The van der Waals surface area contributed by atoms with Crippen LogP contribution < -0.4 is 69.0 Å². The fourth-order valence-electron chi connectivity index (χ4n) is 9.38. The maximum absolute atomic E-state index is 3.31. The molecule has 84 heavy (non-hydrogen) atoms. The third-order valence-electron chi connectivity index (χ3n) is 12.8. The molecule has 0 amide bonds. The van der Waals surface area contributed by atoms with E-state index in [-0.39, 0.29) is 20.4 Å². The van der Waals surface area contributed by atoms with E-state index in [1.54, 1.807) is 0 Å². The van der Waals surface area contributed by atoms with Crippen LogP contribution in [0.1, 0.15) is 27.7 Å². The van der Waals surface area contributed by atoms with Crippen molar-refractivity contribution in [2.24, 2.45) is 0 Å². The van der Waals surface area contributed by atoms with Crippen molar-refractivity contribution in [1.29, 1.82) is 0 Å². The summed E-state index contributed by atoms with van der Waals surface area (Å²) in [5, 5.41) is 20.1. The summed E-state index contributed by atoms with van der Waals surface area (Å²) < 4.78 is 0. The molecule has 0 fully saturated rings. The van der Waals surface area contributed by atoms with Crippen LogP contribution >= 0.6 is 31.7 Å². The fraction of sp³-hybridized carbons (Fsp3) is 0.0769. The van der Waals surface area contributed by atoms with Crippen LogP contribution in [0.25, 0.3) is 0 Å². The van der Waals surface area contributed by atoms with Crippen LogP contribution in [0.5, 0.6) is 0 Å². The second-order valence-corrected chi connectivity index (χ2v) is 28.7. The van der Waals surface area contributed by atoms with E-state index in [1.165, 1.54) is 63.7 Å². The van der Waals surface area contributed by atoms with E-state index in [0.29, 0.717) is 12.1 Å². The van der Waals surface area contributed by atoms with E-state index < -0.39 is 31.7 Å². The first-order chi connectivity index (χ1) is 40.9. The molecule has 0 spiro atoms. The first-order valence-corrected chi connectivity index (χ1v) is 33.9. The topological polar surface area (TPSA) is 12.0 Å². The summed E-state index contributed by atoms with van der Waals surface area (Å²) in [6.45, 7) is 8.61. The van der Waals surface area contributed by atoms with E-state index in [1.807, 2.05) is 0 Å². The Kier molecular flexibility index (Phi) is 28.2. The molecule has 422 valence electrons. The summed E-state index contributed by atoms with van der Waals surface area (Å²) in [5.41, 5.74) is 0. The molecular weight excluding hydrogens is 1180 g/mol. The molecule has 0 aromatic heterocycles. The van der Waals surface area contributed by atoms with Crippen molar-refractivity contribution in [2.75, 3.05) is 0 Å². The average Bonchev–Trinajstić information content (AvgIpc) is 3.59. The van der Waals surface area contributed by atoms with Crippen LogP contribution in [-0.2, 0) is 20.4 Å². The van der Waals surface area contributed by atoms with Gasteiger partial charge in [0.15, 0.2) is 0 Å². The Morgan fingerprint density at radius 1 is 0.167 bits per heavy atom. The van der Waals surface area contributed by atoms with Crippen molar-refractivity contribution in [2.45, 2.75) is 39.8 Å². The van der Waals surface area contributed by atoms with Crippen LogP contribution in [0.2, 0.25) is 0 Å². The summed E-state index contributed by atoms with van der Waals surface area (Å²) in [6, 6.07) is 131. The molecule has 12 rings (SSSR count). The Balaban J connectivity index is 0.000000154. The van der Waals surface area contributed by atoms with Gasteiger partial charge in [0.05, 0.1) is 0 Å². The molecule has 0 aliphatic carbocycles. The molecule has 0 aliphatic heterocycles. The van der Waals surface area contributed by atoms with Crippen LogP contribution in [-0.4, -0.2) is 12.1 Å². The van der Waals surface area contributed by atoms with E-state index in [9.17, 15) is 0 Å². The molecule has 0 heterocycles. The average molecular weight is 1260 g/mol. The molecule has 12 aromatic rings. The first-order valence-electron chi connectivity index (χ1n) is 28.5. The monoisotopic (exact) mass is 1260 g/mol. The predicted molar refractivity (Wildman–Crippen MR) is 374 cm³/mol. The smallest absolute Gasteiger partial charge is 0.00127 e. The quantitative estimate of drug-likeness (QED) is 0.0845. The van der Waals surface area contributed by atoms with Crippen LogP contribution in [0.3, 0.4) is 0 Å². The van der Waals surface area contributed by atoms with E-state index >= 15 is 0 Å². The Morgan fingerprint density at radius 2 is 0.250 bits per heavy atom. The number of hydrogen-bond donors (Lipinski definition) is 1. The number of rotatable bonds is 14. The third kappa shape index (κ3) is 20.6. The number of benzene rings is 12. The molecule has 0 bridgehead atoms. The van der Waals surface area contributed by atoms with E-state index in [2.05, 4.69) is 397 Å². The summed E-state index contributed by atoms with van der Waals surface area (Å²) in [4.78, 5) is 0. The van der Waals surface area contributed by atoms with Gasteiger partial charge in [0.1, 0.15) is 0 Å². The van der Waals surface area contributed by atoms with Gasteiger partial charge < -0.3 is 5.32 Å². The molecule has 0 atom stereocenters. The molecule has 0 aliphatic rings. The maximum Gasteiger partial charge on any atom is 0.00127 e. The van der Waals surface area contributed by atoms with Gasteiger partial charge in [0, 0.05) is 32.5 Å². The Morgan fingerprint density at radius 3 is 0.310 bits per heavy atom. The second kappa shape index (κ2) is 36.6. The minimum Gasteiger partial charge on any atom is -0.312 e. The van der Waals surface area contributed by atoms with Crippen LogP contribution in [0.4, 0.5) is 0 Å². The number of hydrogen-bond acceptors (Lipinski definition) is 1. The maximum atomic E-state index is 3.31. The molecule has 1 N–H and O–H groups in total. The van der Waals surface area contributed by atoms with Gasteiger partial charge in [0.2, 0.25) is 0 Å². The van der Waals surface area contributed by atoms with Crippen molar-refractivity contribution >= 4 is 95.3 Å². The Labute approximate surface area is 521 Å². The van der Waals surface area contributed by atoms with Crippen molar-refractivity contribution in [3.05, 3.63) is 364 Å².